The topological polar surface area (TPSA) is 92.0 Å². The van der Waals surface area contributed by atoms with Crippen LogP contribution >= 0.6 is 0 Å². The Morgan fingerprint density at radius 2 is 1.33 bits per heavy atom. The lowest BCUT2D eigenvalue weighted by molar-refractivity contribution is -0.136. The van der Waals surface area contributed by atoms with Gasteiger partial charge in [-0.25, -0.2) is 0 Å². The Bertz CT molecular complexity index is 1260. The minimum Gasteiger partial charge on any atom is -0.427 e. The average Bonchev–Trinajstić information content (AvgIpc) is 2.66. The third-order valence-electron chi connectivity index (χ3n) is 4.19. The molecule has 0 fully saturated rings. The quantitative estimate of drug-likeness (QED) is 0.514. The molecule has 0 spiro atoms. The highest BCUT2D eigenvalue weighted by Crippen LogP contribution is 2.20. The van der Waals surface area contributed by atoms with Gasteiger partial charge in [-0.2, -0.15) is 0 Å². The van der Waals surface area contributed by atoms with E-state index in [1.165, 1.54) is 0 Å². The monoisotopic (exact) mass is 404 g/mol. The first kappa shape index (κ1) is 21.0. The maximum Gasteiger partial charge on any atom is 0.311 e. The number of aromatic nitrogens is 2. The van der Waals surface area contributed by atoms with E-state index < -0.39 is 11.1 Å². The van der Waals surface area contributed by atoms with Crippen molar-refractivity contribution >= 4 is 18.1 Å². The first-order chi connectivity index (χ1) is 14.2. The van der Waals surface area contributed by atoms with Gasteiger partial charge in [0.2, 0.25) is 0 Å². The second kappa shape index (κ2) is 8.78. The van der Waals surface area contributed by atoms with Crippen LogP contribution in [0.5, 0.6) is 5.75 Å². The van der Waals surface area contributed by atoms with Gasteiger partial charge in [-0.1, -0.05) is 63.2 Å². The molecule has 30 heavy (non-hydrogen) atoms. The summed E-state index contributed by atoms with van der Waals surface area (Å²) < 4.78 is 5.33. The predicted octanol–water partition coefficient (Wildman–Crippen LogP) is 2.06. The fourth-order valence-electron chi connectivity index (χ4n) is 2.81. The van der Waals surface area contributed by atoms with Gasteiger partial charge >= 0.3 is 5.97 Å². The molecule has 0 aliphatic heterocycles. The summed E-state index contributed by atoms with van der Waals surface area (Å²) in [6, 6.07) is 16.0. The zero-order valence-electron chi connectivity index (χ0n) is 17.2. The molecule has 0 radical (unpaired) electrons. The van der Waals surface area contributed by atoms with Crippen molar-refractivity contribution in [1.29, 1.82) is 0 Å². The van der Waals surface area contributed by atoms with Gasteiger partial charge in [0.25, 0.3) is 11.1 Å². The normalized spacial score (nSPS) is 12.8. The van der Waals surface area contributed by atoms with Crippen LogP contribution in [0, 0.1) is 5.41 Å². The van der Waals surface area contributed by atoms with Crippen molar-refractivity contribution in [2.75, 3.05) is 0 Å². The third-order valence-corrected chi connectivity index (χ3v) is 4.19. The van der Waals surface area contributed by atoms with Gasteiger partial charge in [0.15, 0.2) is 0 Å². The minimum atomic E-state index is -0.405. The molecule has 0 atom stereocenters. The molecule has 154 valence electrons. The van der Waals surface area contributed by atoms with Crippen molar-refractivity contribution in [3.63, 3.8) is 0 Å². The zero-order chi connectivity index (χ0) is 21.7. The van der Waals surface area contributed by atoms with Gasteiger partial charge in [0, 0.05) is 0 Å². The number of hydrogen-bond donors (Lipinski definition) is 2. The van der Waals surface area contributed by atoms with Gasteiger partial charge in [-0.15, -0.1) is 0 Å². The van der Waals surface area contributed by atoms with E-state index in [2.05, 4.69) is 9.97 Å². The van der Waals surface area contributed by atoms with Gasteiger partial charge in [0.05, 0.1) is 6.42 Å². The maximum absolute atomic E-state index is 12.4. The molecule has 0 unspecified atom stereocenters. The second-order valence-electron chi connectivity index (χ2n) is 8.22. The highest BCUT2D eigenvalue weighted by atomic mass is 16.5. The zero-order valence-corrected chi connectivity index (χ0v) is 17.2. The van der Waals surface area contributed by atoms with Crippen LogP contribution in [-0.2, 0) is 4.79 Å². The molecule has 6 heteroatoms. The standard InChI is InChI=1S/C24H24N2O4/c1-24(2,3)15-21(27)30-18-11-9-17(10-12-18)14-20-23(29)25-19(22(28)26-20)13-16-7-5-4-6-8-16/h4-14H,15H2,1-3H3,(H,25,29)(H,26,28). The lowest BCUT2D eigenvalue weighted by atomic mass is 9.92. The van der Waals surface area contributed by atoms with Crippen molar-refractivity contribution in [3.8, 4) is 5.75 Å². The molecule has 1 heterocycles. The van der Waals surface area contributed by atoms with Gasteiger partial charge in [0.1, 0.15) is 16.4 Å². The number of carbonyl (C=O) groups excluding carboxylic acids is 1. The van der Waals surface area contributed by atoms with Crippen molar-refractivity contribution in [2.45, 2.75) is 27.2 Å². The lowest BCUT2D eigenvalue weighted by Crippen LogP contribution is -2.46. The molecule has 0 bridgehead atoms. The molecule has 0 saturated heterocycles. The van der Waals surface area contributed by atoms with Crippen molar-refractivity contribution in [2.24, 2.45) is 5.41 Å². The van der Waals surface area contributed by atoms with Crippen LogP contribution in [0.1, 0.15) is 38.3 Å². The molecule has 2 aromatic carbocycles. The second-order valence-corrected chi connectivity index (χ2v) is 8.22. The Kier molecular flexibility index (Phi) is 6.16. The first-order valence-corrected chi connectivity index (χ1v) is 9.61. The van der Waals surface area contributed by atoms with E-state index in [-0.39, 0.29) is 22.1 Å². The SMILES string of the molecule is CC(C)(C)CC(=O)Oc1ccc(C=c2[nH]c(=O)c(=Cc3ccccc3)[nH]c2=O)cc1. The van der Waals surface area contributed by atoms with E-state index in [9.17, 15) is 14.4 Å². The summed E-state index contributed by atoms with van der Waals surface area (Å²) in [4.78, 5) is 41.9. The van der Waals surface area contributed by atoms with Crippen LogP contribution in [0.2, 0.25) is 0 Å². The Balaban J connectivity index is 1.84. The van der Waals surface area contributed by atoms with Gasteiger partial charge in [-0.3, -0.25) is 14.4 Å². The Morgan fingerprint density at radius 3 is 1.83 bits per heavy atom. The van der Waals surface area contributed by atoms with Crippen molar-refractivity contribution in [1.82, 2.24) is 9.97 Å². The number of hydrogen-bond acceptors (Lipinski definition) is 4. The molecule has 1 aromatic heterocycles. The van der Waals surface area contributed by atoms with Crippen LogP contribution in [0.3, 0.4) is 0 Å². The fraction of sp³-hybridized carbons (Fsp3) is 0.208. The van der Waals surface area contributed by atoms with E-state index in [1.54, 1.807) is 36.4 Å². The van der Waals surface area contributed by atoms with Gasteiger partial charge in [-0.05, 0) is 40.8 Å². The molecular formula is C24H24N2O4. The van der Waals surface area contributed by atoms with E-state index in [0.717, 1.165) is 5.56 Å². The van der Waals surface area contributed by atoms with E-state index in [4.69, 9.17) is 4.74 Å². The Morgan fingerprint density at radius 1 is 0.833 bits per heavy atom. The number of aromatic amines is 2. The highest BCUT2D eigenvalue weighted by molar-refractivity contribution is 5.73. The van der Waals surface area contributed by atoms with Crippen LogP contribution in [0.25, 0.3) is 12.2 Å². The average molecular weight is 404 g/mol. The van der Waals surface area contributed by atoms with Crippen LogP contribution in [-0.4, -0.2) is 15.9 Å². The molecule has 0 aliphatic rings. The molecule has 2 N–H and O–H groups in total. The van der Waals surface area contributed by atoms with Gasteiger partial charge < -0.3 is 14.7 Å². The smallest absolute Gasteiger partial charge is 0.311 e. The lowest BCUT2D eigenvalue weighted by Gasteiger charge is -2.16. The Labute approximate surface area is 173 Å². The number of H-pyrrole nitrogens is 2. The van der Waals surface area contributed by atoms with Crippen molar-refractivity contribution < 1.29 is 9.53 Å². The molecule has 0 saturated carbocycles. The summed E-state index contributed by atoms with van der Waals surface area (Å²) >= 11 is 0. The first-order valence-electron chi connectivity index (χ1n) is 9.61. The molecule has 0 aliphatic carbocycles. The number of rotatable bonds is 4. The minimum absolute atomic E-state index is 0.141. The molecule has 3 rings (SSSR count). The summed E-state index contributed by atoms with van der Waals surface area (Å²) in [6.07, 6.45) is 3.49. The van der Waals surface area contributed by atoms with Crippen molar-refractivity contribution in [3.05, 3.63) is 97.1 Å². The summed E-state index contributed by atoms with van der Waals surface area (Å²) in [5.74, 6) is 0.127. The molecular weight excluding hydrogens is 380 g/mol. The summed E-state index contributed by atoms with van der Waals surface area (Å²) in [6.45, 7) is 5.90. The van der Waals surface area contributed by atoms with E-state index in [0.29, 0.717) is 17.7 Å². The number of esters is 1. The summed E-state index contributed by atoms with van der Waals surface area (Å²) in [5, 5.41) is 0.326. The number of benzene rings is 2. The fourth-order valence-corrected chi connectivity index (χ4v) is 2.81. The Hall–Kier alpha value is -3.67. The van der Waals surface area contributed by atoms with Crippen LogP contribution < -0.4 is 26.6 Å². The molecule has 3 aromatic rings. The molecule has 0 amide bonds. The summed E-state index contributed by atoms with van der Waals surface area (Å²) in [7, 11) is 0. The number of ether oxygens (including phenoxy) is 1. The van der Waals surface area contributed by atoms with E-state index in [1.807, 2.05) is 51.1 Å². The molecule has 6 nitrogen and oxygen atoms in total. The maximum atomic E-state index is 12.4. The number of carbonyl (C=O) groups is 1. The van der Waals surface area contributed by atoms with Crippen LogP contribution in [0.15, 0.2) is 64.2 Å². The third kappa shape index (κ3) is 5.91. The predicted molar refractivity (Wildman–Crippen MR) is 117 cm³/mol. The number of nitrogens with one attached hydrogen (secondary N) is 2. The van der Waals surface area contributed by atoms with Crippen LogP contribution in [0.4, 0.5) is 0 Å². The summed E-state index contributed by atoms with van der Waals surface area (Å²) in [5.41, 5.74) is 0.551. The van der Waals surface area contributed by atoms with E-state index >= 15 is 0 Å². The largest absolute Gasteiger partial charge is 0.427 e. The highest BCUT2D eigenvalue weighted by Gasteiger charge is 2.17.